The number of piperidine rings is 1. The molecule has 5 aliphatic carbocycles. The summed E-state index contributed by atoms with van der Waals surface area (Å²) in [6.45, 7) is 2.71. The topological polar surface area (TPSA) is 174 Å². The van der Waals surface area contributed by atoms with Gasteiger partial charge in [0.2, 0.25) is 0 Å². The van der Waals surface area contributed by atoms with E-state index in [1.807, 2.05) is 7.05 Å². The molecule has 1 spiro atoms. The lowest BCUT2D eigenvalue weighted by molar-refractivity contribution is -0.353. The molecule has 5 saturated carbocycles. The summed E-state index contributed by atoms with van der Waals surface area (Å²) in [4.78, 5) is 30.7. The van der Waals surface area contributed by atoms with Crippen LogP contribution in [0, 0.1) is 28.6 Å². The van der Waals surface area contributed by atoms with Gasteiger partial charge in [-0.1, -0.05) is 88.6 Å². The molecule has 1 aliphatic heterocycles. The van der Waals surface area contributed by atoms with Crippen molar-refractivity contribution >= 4 is 11.9 Å². The number of fused-ring (bicyclic) bond motifs is 2. The first kappa shape index (κ1) is 47.5. The second-order valence-corrected chi connectivity index (χ2v) is 19.7. The van der Waals surface area contributed by atoms with Crippen LogP contribution in [0.3, 0.4) is 0 Å². The number of hydrogen-bond acceptors (Lipinski definition) is 13. The van der Waals surface area contributed by atoms with Crippen LogP contribution in [0.25, 0.3) is 0 Å². The lowest BCUT2D eigenvalue weighted by atomic mass is 9.40. The molecule has 4 N–H and O–H groups in total. The number of rotatable bonds is 23. The Morgan fingerprint density at radius 1 is 0.823 bits per heavy atom. The number of likely N-dealkylation sites (tertiary alicyclic amines) is 1. The maximum atomic E-state index is 14.5. The van der Waals surface area contributed by atoms with Gasteiger partial charge in [-0.05, 0) is 51.3 Å². The van der Waals surface area contributed by atoms with Crippen LogP contribution in [0.15, 0.2) is 42.5 Å². The number of benzene rings is 1. The van der Waals surface area contributed by atoms with Gasteiger partial charge in [0.1, 0.15) is 23.9 Å². The number of carbonyl (C=O) groups is 2. The third-order valence-electron chi connectivity index (χ3n) is 16.6. The maximum Gasteiger partial charge on any atom is 0.338 e. The number of allylic oxidation sites excluding steroid dienone is 2. The molecule has 0 unspecified atom stereocenters. The smallest absolute Gasteiger partial charge is 0.338 e. The molecule has 0 aromatic heterocycles. The monoisotopic (exact) mass is 870 g/mol. The third kappa shape index (κ3) is 7.23. The van der Waals surface area contributed by atoms with Crippen LogP contribution in [0.5, 0.6) is 0 Å². The minimum Gasteiger partial charge on any atom is -0.455 e. The zero-order valence-corrected chi connectivity index (χ0v) is 38.0. The van der Waals surface area contributed by atoms with Gasteiger partial charge in [0.15, 0.2) is 5.60 Å². The quantitative estimate of drug-likeness (QED) is 0.0627. The Hall–Kier alpha value is -2.46. The minimum absolute atomic E-state index is 0.0562. The van der Waals surface area contributed by atoms with Crippen LogP contribution in [0.2, 0.25) is 0 Å². The van der Waals surface area contributed by atoms with Crippen molar-refractivity contribution in [3.63, 3.8) is 0 Å². The molecule has 0 amide bonds. The highest BCUT2D eigenvalue weighted by Crippen LogP contribution is 2.81. The van der Waals surface area contributed by atoms with Crippen molar-refractivity contribution in [2.24, 2.45) is 28.6 Å². The number of carbonyl (C=O) groups excluding carboxylic acids is 2. The third-order valence-corrected chi connectivity index (χ3v) is 16.6. The first-order valence-electron chi connectivity index (χ1n) is 23.6. The second kappa shape index (κ2) is 19.2. The molecule has 7 bridgehead atoms. The highest BCUT2D eigenvalue weighted by molar-refractivity contribution is 5.89. The standard InChI is InChI=1S/C49H75NO12/c1-7-8-9-10-11-12-13-14-15-16-17-18-19-20-24-27-35(52)62-49-36-37(59-5)38-45(31-57-3)30-50(2)40(36)48(38,34(58-4)28-33(45)51)47(56)29-46(55,43(60-6)41(49)53)42(39(47)49)61-44(54)32-25-22-21-23-26-32/h14-15,21-23,25-26,33-34,36-43,51,53,55-56H,7-13,16-20,24,27-31H2,1-6H3/b15-14-/t33-,34+,36+,37+,38-,39+,40-,41+,42-,43+,45+,46+,47+,48-,49+/m1/s1. The second-order valence-electron chi connectivity index (χ2n) is 19.7. The van der Waals surface area contributed by atoms with E-state index < -0.39 is 106 Å². The van der Waals surface area contributed by atoms with Gasteiger partial charge in [0.25, 0.3) is 0 Å². The van der Waals surface area contributed by atoms with E-state index in [1.165, 1.54) is 45.6 Å². The molecular weight excluding hydrogens is 795 g/mol. The van der Waals surface area contributed by atoms with Crippen LogP contribution >= 0.6 is 0 Å². The summed E-state index contributed by atoms with van der Waals surface area (Å²) >= 11 is 0. The van der Waals surface area contributed by atoms with Gasteiger partial charge in [-0.25, -0.2) is 4.79 Å². The van der Waals surface area contributed by atoms with Crippen molar-refractivity contribution in [3.05, 3.63) is 48.0 Å². The number of aliphatic hydroxyl groups is 4. The Morgan fingerprint density at radius 2 is 1.47 bits per heavy atom. The Balaban J connectivity index is 1.20. The minimum atomic E-state index is -2.13. The van der Waals surface area contributed by atoms with Gasteiger partial charge in [0.05, 0.1) is 42.0 Å². The molecule has 1 aromatic carbocycles. The molecule has 1 saturated heterocycles. The molecule has 13 heteroatoms. The van der Waals surface area contributed by atoms with Crippen LogP contribution < -0.4 is 0 Å². The van der Waals surface area contributed by atoms with Crippen LogP contribution in [-0.4, -0.2) is 145 Å². The Labute approximate surface area is 368 Å². The largest absolute Gasteiger partial charge is 0.455 e. The first-order chi connectivity index (χ1) is 29.8. The number of hydrogen-bond donors (Lipinski definition) is 4. The number of unbranched alkanes of at least 4 members (excludes halogenated alkanes) is 11. The van der Waals surface area contributed by atoms with Crippen LogP contribution in [-0.2, 0) is 33.2 Å². The maximum absolute atomic E-state index is 14.5. The fourth-order valence-corrected chi connectivity index (χ4v) is 14.6. The van der Waals surface area contributed by atoms with Crippen molar-refractivity contribution in [2.75, 3.05) is 48.6 Å². The predicted molar refractivity (Wildman–Crippen MR) is 231 cm³/mol. The van der Waals surface area contributed by atoms with E-state index in [4.69, 9.17) is 28.4 Å². The van der Waals surface area contributed by atoms with Crippen molar-refractivity contribution < 1.29 is 58.4 Å². The van der Waals surface area contributed by atoms with Gasteiger partial charge in [0, 0.05) is 83.0 Å². The number of methoxy groups -OCH3 is 4. The van der Waals surface area contributed by atoms with Gasteiger partial charge >= 0.3 is 11.9 Å². The Bertz CT molecular complexity index is 1710. The van der Waals surface area contributed by atoms with E-state index in [0.29, 0.717) is 13.0 Å². The average molecular weight is 870 g/mol. The van der Waals surface area contributed by atoms with E-state index >= 15 is 0 Å². The lowest BCUT2D eigenvalue weighted by Crippen LogP contribution is -2.85. The van der Waals surface area contributed by atoms with Gasteiger partial charge in [-0.2, -0.15) is 0 Å². The van der Waals surface area contributed by atoms with E-state index in [-0.39, 0.29) is 25.0 Å². The molecule has 1 heterocycles. The highest BCUT2D eigenvalue weighted by atomic mass is 16.6. The van der Waals surface area contributed by atoms with E-state index in [9.17, 15) is 30.0 Å². The normalized spacial score (nSPS) is 41.5. The fourth-order valence-electron chi connectivity index (χ4n) is 14.6. The molecule has 6 fully saturated rings. The van der Waals surface area contributed by atoms with Crippen molar-refractivity contribution in [1.29, 1.82) is 0 Å². The van der Waals surface area contributed by atoms with Crippen LogP contribution in [0.1, 0.15) is 120 Å². The SMILES string of the molecule is CCCCCCCC/C=C\CCCCCCCC(=O)O[C@@]12[C@H]3[C@H](OC)[C@@H]4[C@]5(COC)CN(C)[C@H]3[C@]4([C@@H](OC)C[C@H]5O)[C@]3(O)C[C@](O)([C@H](OC(=O)c4ccccc4)[C@H]13)[C@@H](OC)[C@@H]2O. The zero-order valence-electron chi connectivity index (χ0n) is 38.0. The molecule has 1 aromatic rings. The summed E-state index contributed by atoms with van der Waals surface area (Å²) in [7, 11) is 7.95. The van der Waals surface area contributed by atoms with Gasteiger partial charge in [-0.3, -0.25) is 4.79 Å². The summed E-state index contributed by atoms with van der Waals surface area (Å²) in [6.07, 6.45) is 11.6. The summed E-state index contributed by atoms with van der Waals surface area (Å²) in [5, 5.41) is 52.3. The number of aliphatic hydroxyl groups excluding tert-OH is 2. The van der Waals surface area contributed by atoms with Crippen molar-refractivity contribution in [2.45, 2.75) is 169 Å². The number of nitrogens with zero attached hydrogens (tertiary/aromatic N) is 1. The molecule has 15 atom stereocenters. The van der Waals surface area contributed by atoms with E-state index in [2.05, 4.69) is 24.0 Å². The first-order valence-corrected chi connectivity index (χ1v) is 23.6. The summed E-state index contributed by atoms with van der Waals surface area (Å²) < 4.78 is 38.0. The Morgan fingerprint density at radius 3 is 2.08 bits per heavy atom. The highest BCUT2D eigenvalue weighted by Gasteiger charge is 2.96. The Kier molecular flexibility index (Phi) is 14.7. The van der Waals surface area contributed by atoms with E-state index in [1.54, 1.807) is 51.7 Å². The predicted octanol–water partition coefficient (Wildman–Crippen LogP) is 5.39. The molecule has 13 nitrogen and oxygen atoms in total. The summed E-state index contributed by atoms with van der Waals surface area (Å²) in [5.41, 5.74) is -8.24. The van der Waals surface area contributed by atoms with Gasteiger partial charge in [-0.15, -0.1) is 0 Å². The molecular formula is C49H75NO12. The molecule has 62 heavy (non-hydrogen) atoms. The lowest BCUT2D eigenvalue weighted by Gasteiger charge is -2.72. The van der Waals surface area contributed by atoms with Crippen molar-refractivity contribution in [3.8, 4) is 0 Å². The molecule has 7 rings (SSSR count). The zero-order chi connectivity index (χ0) is 44.5. The summed E-state index contributed by atoms with van der Waals surface area (Å²) in [5.74, 6) is -4.20. The van der Waals surface area contributed by atoms with Gasteiger partial charge < -0.3 is 53.7 Å². The van der Waals surface area contributed by atoms with Crippen molar-refractivity contribution in [1.82, 2.24) is 4.90 Å². The van der Waals surface area contributed by atoms with E-state index in [0.717, 1.165) is 38.5 Å². The molecule has 6 aliphatic rings. The molecule has 348 valence electrons. The fraction of sp³-hybridized carbons (Fsp3) is 0.796. The number of esters is 2. The number of ether oxygens (including phenoxy) is 6. The van der Waals surface area contributed by atoms with Crippen LogP contribution in [0.4, 0.5) is 0 Å². The molecule has 0 radical (unpaired) electrons. The summed E-state index contributed by atoms with van der Waals surface area (Å²) in [6, 6.07) is 7.74. The average Bonchev–Trinajstić information content (AvgIpc) is 3.63.